The number of aromatic nitrogens is 1. The van der Waals surface area contributed by atoms with Gasteiger partial charge in [0.25, 0.3) is 0 Å². The van der Waals surface area contributed by atoms with Crippen LogP contribution in [-0.4, -0.2) is 10.7 Å². The zero-order valence-corrected chi connectivity index (χ0v) is 13.8. The van der Waals surface area contributed by atoms with Gasteiger partial charge in [-0.25, -0.2) is 4.98 Å². The van der Waals surface area contributed by atoms with Crippen LogP contribution in [0.1, 0.15) is 71.1 Å². The average molecular weight is 295 g/mol. The highest BCUT2D eigenvalue weighted by Gasteiger charge is 1.99. The SMILES string of the molecule is CCCCCCCCCCCCSc1ncccc1N. The Morgan fingerprint density at radius 3 is 2.15 bits per heavy atom. The summed E-state index contributed by atoms with van der Waals surface area (Å²) in [6.45, 7) is 2.27. The third kappa shape index (κ3) is 8.47. The summed E-state index contributed by atoms with van der Waals surface area (Å²) < 4.78 is 0. The molecule has 1 rings (SSSR count). The number of unbranched alkanes of at least 4 members (excludes halogenated alkanes) is 9. The van der Waals surface area contributed by atoms with E-state index in [1.54, 1.807) is 11.8 Å². The Kier molecular flexibility index (Phi) is 10.5. The molecule has 0 bridgehead atoms. The van der Waals surface area contributed by atoms with Crippen molar-refractivity contribution in [3.05, 3.63) is 18.3 Å². The molecule has 2 N–H and O–H groups in total. The monoisotopic (exact) mass is 294 g/mol. The maximum absolute atomic E-state index is 5.87. The highest BCUT2D eigenvalue weighted by molar-refractivity contribution is 7.99. The number of hydrogen-bond acceptors (Lipinski definition) is 3. The lowest BCUT2D eigenvalue weighted by molar-refractivity contribution is 0.563. The summed E-state index contributed by atoms with van der Waals surface area (Å²) in [6, 6.07) is 3.81. The van der Waals surface area contributed by atoms with Gasteiger partial charge in [0.05, 0.1) is 5.69 Å². The summed E-state index contributed by atoms with van der Waals surface area (Å²) in [6.07, 6.45) is 15.7. The largest absolute Gasteiger partial charge is 0.397 e. The first kappa shape index (κ1) is 17.4. The number of thioether (sulfide) groups is 1. The molecule has 0 unspecified atom stereocenters. The van der Waals surface area contributed by atoms with Crippen LogP contribution in [0.2, 0.25) is 0 Å². The van der Waals surface area contributed by atoms with Gasteiger partial charge < -0.3 is 5.73 Å². The fraction of sp³-hybridized carbons (Fsp3) is 0.706. The second kappa shape index (κ2) is 12.1. The zero-order chi connectivity index (χ0) is 14.5. The summed E-state index contributed by atoms with van der Waals surface area (Å²) in [4.78, 5) is 4.30. The minimum atomic E-state index is 0.810. The van der Waals surface area contributed by atoms with Crippen molar-refractivity contribution in [2.24, 2.45) is 0 Å². The van der Waals surface area contributed by atoms with E-state index in [0.29, 0.717) is 0 Å². The fourth-order valence-corrected chi connectivity index (χ4v) is 3.19. The van der Waals surface area contributed by atoms with Crippen molar-refractivity contribution in [1.82, 2.24) is 4.98 Å². The number of nitrogens with zero attached hydrogens (tertiary/aromatic N) is 1. The van der Waals surface area contributed by atoms with E-state index in [-0.39, 0.29) is 0 Å². The minimum absolute atomic E-state index is 0.810. The lowest BCUT2D eigenvalue weighted by Gasteiger charge is -2.04. The van der Waals surface area contributed by atoms with Crippen molar-refractivity contribution in [3.63, 3.8) is 0 Å². The Morgan fingerprint density at radius 1 is 0.950 bits per heavy atom. The summed E-state index contributed by atoms with van der Waals surface area (Å²) in [7, 11) is 0. The molecule has 0 saturated heterocycles. The van der Waals surface area contributed by atoms with E-state index >= 15 is 0 Å². The van der Waals surface area contributed by atoms with E-state index in [1.165, 1.54) is 64.2 Å². The molecule has 0 spiro atoms. The van der Waals surface area contributed by atoms with Gasteiger partial charge in [-0.15, -0.1) is 11.8 Å². The Bertz CT molecular complexity index is 342. The van der Waals surface area contributed by atoms with Crippen LogP contribution in [0.4, 0.5) is 5.69 Å². The molecule has 0 aliphatic carbocycles. The molecular weight excluding hydrogens is 264 g/mol. The van der Waals surface area contributed by atoms with Crippen molar-refractivity contribution < 1.29 is 0 Å². The molecule has 0 amide bonds. The van der Waals surface area contributed by atoms with E-state index in [2.05, 4.69) is 11.9 Å². The number of anilines is 1. The van der Waals surface area contributed by atoms with Gasteiger partial charge in [-0.05, 0) is 24.3 Å². The molecule has 0 aromatic carbocycles. The Balaban J connectivity index is 1.87. The standard InChI is InChI=1S/C17H30N2S/c1-2-3-4-5-6-7-8-9-10-11-15-20-17-16(18)13-12-14-19-17/h12-14H,2-11,15,18H2,1H3. The maximum atomic E-state index is 5.87. The molecular formula is C17H30N2S. The van der Waals surface area contributed by atoms with E-state index in [1.807, 2.05) is 18.3 Å². The summed E-state index contributed by atoms with van der Waals surface area (Å²) >= 11 is 1.79. The van der Waals surface area contributed by atoms with E-state index in [0.717, 1.165) is 16.5 Å². The Morgan fingerprint density at radius 2 is 1.55 bits per heavy atom. The predicted octanol–water partition coefficient (Wildman–Crippen LogP) is 5.68. The zero-order valence-electron chi connectivity index (χ0n) is 12.9. The number of rotatable bonds is 12. The number of nitrogens with two attached hydrogens (primary N) is 1. The highest BCUT2D eigenvalue weighted by atomic mass is 32.2. The van der Waals surface area contributed by atoms with Crippen LogP contribution in [0.25, 0.3) is 0 Å². The van der Waals surface area contributed by atoms with Gasteiger partial charge in [0.1, 0.15) is 5.03 Å². The predicted molar refractivity (Wildman–Crippen MR) is 91.2 cm³/mol. The van der Waals surface area contributed by atoms with E-state index in [4.69, 9.17) is 5.73 Å². The van der Waals surface area contributed by atoms with Gasteiger partial charge in [-0.3, -0.25) is 0 Å². The second-order valence-electron chi connectivity index (χ2n) is 5.43. The van der Waals surface area contributed by atoms with Crippen molar-refractivity contribution in [3.8, 4) is 0 Å². The molecule has 0 radical (unpaired) electrons. The molecule has 114 valence electrons. The smallest absolute Gasteiger partial charge is 0.119 e. The van der Waals surface area contributed by atoms with Crippen molar-refractivity contribution in [1.29, 1.82) is 0 Å². The molecule has 0 fully saturated rings. The van der Waals surface area contributed by atoms with Crippen LogP contribution in [-0.2, 0) is 0 Å². The van der Waals surface area contributed by atoms with Crippen LogP contribution in [0.3, 0.4) is 0 Å². The molecule has 1 heterocycles. The van der Waals surface area contributed by atoms with Crippen LogP contribution >= 0.6 is 11.8 Å². The number of pyridine rings is 1. The maximum Gasteiger partial charge on any atom is 0.119 e. The molecule has 0 atom stereocenters. The van der Waals surface area contributed by atoms with Crippen molar-refractivity contribution >= 4 is 17.4 Å². The van der Waals surface area contributed by atoms with Gasteiger partial charge in [-0.2, -0.15) is 0 Å². The van der Waals surface area contributed by atoms with Crippen molar-refractivity contribution in [2.75, 3.05) is 11.5 Å². The first-order valence-corrected chi connectivity index (χ1v) is 9.16. The Labute approximate surface area is 128 Å². The molecule has 1 aromatic heterocycles. The fourth-order valence-electron chi connectivity index (χ4n) is 2.28. The average Bonchev–Trinajstić information content (AvgIpc) is 2.46. The third-order valence-corrected chi connectivity index (χ3v) is 4.64. The highest BCUT2D eigenvalue weighted by Crippen LogP contribution is 2.23. The lowest BCUT2D eigenvalue weighted by Crippen LogP contribution is -1.91. The molecule has 0 aliphatic heterocycles. The van der Waals surface area contributed by atoms with Crippen LogP contribution in [0.15, 0.2) is 23.4 Å². The Hall–Kier alpha value is -0.700. The van der Waals surface area contributed by atoms with Gasteiger partial charge >= 0.3 is 0 Å². The summed E-state index contributed by atoms with van der Waals surface area (Å²) in [5.74, 6) is 1.14. The van der Waals surface area contributed by atoms with Crippen LogP contribution in [0, 0.1) is 0 Å². The van der Waals surface area contributed by atoms with E-state index in [9.17, 15) is 0 Å². The minimum Gasteiger partial charge on any atom is -0.397 e. The lowest BCUT2D eigenvalue weighted by atomic mass is 10.1. The van der Waals surface area contributed by atoms with Gasteiger partial charge in [0, 0.05) is 6.20 Å². The topological polar surface area (TPSA) is 38.9 Å². The molecule has 1 aromatic rings. The first-order valence-electron chi connectivity index (χ1n) is 8.18. The number of nitrogen functional groups attached to an aromatic ring is 1. The normalized spacial score (nSPS) is 10.8. The third-order valence-electron chi connectivity index (χ3n) is 3.54. The number of hydrogen-bond donors (Lipinski definition) is 1. The van der Waals surface area contributed by atoms with Gasteiger partial charge in [0.15, 0.2) is 0 Å². The second-order valence-corrected chi connectivity index (χ2v) is 6.51. The van der Waals surface area contributed by atoms with E-state index < -0.39 is 0 Å². The molecule has 0 saturated carbocycles. The first-order chi connectivity index (χ1) is 9.84. The van der Waals surface area contributed by atoms with Crippen LogP contribution in [0.5, 0.6) is 0 Å². The molecule has 3 heteroatoms. The van der Waals surface area contributed by atoms with Gasteiger partial charge in [0.2, 0.25) is 0 Å². The molecule has 0 aliphatic rings. The quantitative estimate of drug-likeness (QED) is 0.398. The molecule has 2 nitrogen and oxygen atoms in total. The summed E-state index contributed by atoms with van der Waals surface area (Å²) in [5.41, 5.74) is 6.68. The van der Waals surface area contributed by atoms with Crippen LogP contribution < -0.4 is 5.73 Å². The summed E-state index contributed by atoms with van der Waals surface area (Å²) in [5, 5.41) is 0.989. The van der Waals surface area contributed by atoms with Crippen molar-refractivity contribution in [2.45, 2.75) is 76.2 Å². The molecule has 20 heavy (non-hydrogen) atoms. The van der Waals surface area contributed by atoms with Gasteiger partial charge in [-0.1, -0.05) is 64.7 Å².